The highest BCUT2D eigenvalue weighted by Gasteiger charge is 2.59. The molecule has 6 nitrogen and oxygen atoms in total. The summed E-state index contributed by atoms with van der Waals surface area (Å²) >= 11 is 3.54. The fourth-order valence-corrected chi connectivity index (χ4v) is 5.00. The zero-order valence-corrected chi connectivity index (χ0v) is 18.6. The van der Waals surface area contributed by atoms with Crippen molar-refractivity contribution >= 4 is 34.0 Å². The number of carbonyl (C=O) groups excluding carboxylic acids is 2. The minimum Gasteiger partial charge on any atom is -0.490 e. The number of carbonyl (C=O) groups is 2. The van der Waals surface area contributed by atoms with Crippen LogP contribution in [0.3, 0.4) is 0 Å². The zero-order valence-electron chi connectivity index (χ0n) is 17.0. The van der Waals surface area contributed by atoms with Gasteiger partial charge in [-0.15, -0.1) is 0 Å². The van der Waals surface area contributed by atoms with Crippen molar-refractivity contribution in [1.82, 2.24) is 5.01 Å². The van der Waals surface area contributed by atoms with E-state index in [1.54, 1.807) is 6.07 Å². The summed E-state index contributed by atoms with van der Waals surface area (Å²) in [6.45, 7) is 8.28. The van der Waals surface area contributed by atoms with E-state index >= 15 is 0 Å². The van der Waals surface area contributed by atoms with Gasteiger partial charge in [-0.2, -0.15) is 10.1 Å². The van der Waals surface area contributed by atoms with Crippen LogP contribution in [-0.4, -0.2) is 35.2 Å². The number of nitrogens with zero attached hydrogens (tertiary/aromatic N) is 2. The Morgan fingerprint density at radius 3 is 2.34 bits per heavy atom. The highest BCUT2D eigenvalue weighted by molar-refractivity contribution is 9.10. The second-order valence-corrected chi connectivity index (χ2v) is 9.56. The van der Waals surface area contributed by atoms with Gasteiger partial charge in [-0.1, -0.05) is 12.2 Å². The van der Waals surface area contributed by atoms with Gasteiger partial charge in [0, 0.05) is 0 Å². The maximum atomic E-state index is 12.8. The van der Waals surface area contributed by atoms with Crippen molar-refractivity contribution in [3.8, 4) is 11.5 Å². The Morgan fingerprint density at radius 1 is 1.17 bits per heavy atom. The van der Waals surface area contributed by atoms with Crippen LogP contribution in [0.5, 0.6) is 11.5 Å². The number of hydrogen-bond donors (Lipinski definition) is 0. The van der Waals surface area contributed by atoms with Crippen LogP contribution in [0.1, 0.15) is 39.7 Å². The van der Waals surface area contributed by atoms with E-state index < -0.39 is 0 Å². The smallest absolute Gasteiger partial charge is 0.254 e. The standard InChI is InChI=1S/C22H25BrN2O4/c1-5-28-16-9-12(8-15(23)19(16)29-22(2,3)4)11-24-25-20(26)17-13-6-7-14(10-13)18(17)21(25)27/h6-9,11,13-14,17-18H,5,10H2,1-4H3/t13-,14-,17-,18+/m0/s1. The number of amides is 2. The second-order valence-electron chi connectivity index (χ2n) is 8.71. The fraction of sp³-hybridized carbons (Fsp3) is 0.500. The Bertz CT molecular complexity index is 888. The van der Waals surface area contributed by atoms with Crippen molar-refractivity contribution in [3.05, 3.63) is 34.3 Å². The fourth-order valence-electron chi connectivity index (χ4n) is 4.46. The zero-order chi connectivity index (χ0) is 20.9. The highest BCUT2D eigenvalue weighted by atomic mass is 79.9. The Labute approximate surface area is 179 Å². The molecule has 1 saturated carbocycles. The summed E-state index contributed by atoms with van der Waals surface area (Å²) in [4.78, 5) is 25.5. The van der Waals surface area contributed by atoms with E-state index in [-0.39, 0.29) is 41.1 Å². The van der Waals surface area contributed by atoms with Gasteiger partial charge in [0.05, 0.1) is 29.1 Å². The molecule has 4 rings (SSSR count). The van der Waals surface area contributed by atoms with Crippen LogP contribution in [0, 0.1) is 23.7 Å². The number of benzene rings is 1. The van der Waals surface area contributed by atoms with Crippen molar-refractivity contribution in [3.63, 3.8) is 0 Å². The molecule has 4 atom stereocenters. The lowest BCUT2D eigenvalue weighted by atomic mass is 9.85. The minimum absolute atomic E-state index is 0.175. The second kappa shape index (κ2) is 7.27. The molecule has 0 spiro atoms. The molecule has 1 aromatic rings. The first-order valence-corrected chi connectivity index (χ1v) is 10.7. The van der Waals surface area contributed by atoms with Gasteiger partial charge >= 0.3 is 0 Å². The van der Waals surface area contributed by atoms with Crippen LogP contribution in [-0.2, 0) is 9.59 Å². The molecule has 7 heteroatoms. The van der Waals surface area contributed by atoms with Crippen molar-refractivity contribution < 1.29 is 19.1 Å². The summed E-state index contributed by atoms with van der Waals surface area (Å²) in [5.74, 6) is 0.669. The molecule has 1 aromatic carbocycles. The summed E-state index contributed by atoms with van der Waals surface area (Å²) < 4.78 is 12.5. The third-order valence-corrected chi connectivity index (χ3v) is 6.10. The first-order valence-electron chi connectivity index (χ1n) is 9.95. The van der Waals surface area contributed by atoms with Crippen molar-refractivity contribution in [1.29, 1.82) is 0 Å². The van der Waals surface area contributed by atoms with Crippen LogP contribution in [0.15, 0.2) is 33.9 Å². The molecule has 0 unspecified atom stereocenters. The Morgan fingerprint density at radius 2 is 1.79 bits per heavy atom. The SMILES string of the molecule is CCOc1cc(C=NN2C(=O)[C@@H]3[C@H](C2=O)[C@H]2C=C[C@H]3C2)cc(Br)c1OC(C)(C)C. The van der Waals surface area contributed by atoms with Crippen molar-refractivity contribution in [2.45, 2.75) is 39.7 Å². The van der Waals surface area contributed by atoms with Gasteiger partial charge in [0.15, 0.2) is 11.5 Å². The number of rotatable bonds is 5. The van der Waals surface area contributed by atoms with Crippen LogP contribution in [0.4, 0.5) is 0 Å². The number of fused-ring (bicyclic) bond motifs is 5. The molecule has 3 aliphatic rings. The summed E-state index contributed by atoms with van der Waals surface area (Å²) in [6, 6.07) is 3.64. The topological polar surface area (TPSA) is 68.2 Å². The maximum absolute atomic E-state index is 12.8. The summed E-state index contributed by atoms with van der Waals surface area (Å²) in [5, 5.41) is 5.30. The summed E-state index contributed by atoms with van der Waals surface area (Å²) in [6.07, 6.45) is 6.58. The van der Waals surface area contributed by atoms with Crippen LogP contribution >= 0.6 is 15.9 Å². The number of imide groups is 1. The van der Waals surface area contributed by atoms with Crippen LogP contribution < -0.4 is 9.47 Å². The number of hydrazone groups is 1. The van der Waals surface area contributed by atoms with Crippen molar-refractivity contribution in [2.24, 2.45) is 28.8 Å². The first kappa shape index (κ1) is 20.1. The van der Waals surface area contributed by atoms with Crippen LogP contribution in [0.2, 0.25) is 0 Å². The van der Waals surface area contributed by atoms with Gasteiger partial charge in [-0.05, 0) is 79.6 Å². The molecule has 154 valence electrons. The molecule has 2 bridgehead atoms. The predicted molar refractivity (Wildman–Crippen MR) is 113 cm³/mol. The molecule has 1 aliphatic heterocycles. The normalized spacial score (nSPS) is 28.0. The average molecular weight is 461 g/mol. The monoisotopic (exact) mass is 460 g/mol. The van der Waals surface area contributed by atoms with Gasteiger partial charge in [0.25, 0.3) is 11.8 Å². The van der Waals surface area contributed by atoms with Gasteiger partial charge in [0.2, 0.25) is 0 Å². The van der Waals surface area contributed by atoms with Gasteiger partial charge in [-0.3, -0.25) is 9.59 Å². The predicted octanol–water partition coefficient (Wildman–Crippen LogP) is 4.17. The number of allylic oxidation sites excluding steroid dienone is 2. The van der Waals surface area contributed by atoms with Crippen molar-refractivity contribution in [2.75, 3.05) is 6.61 Å². The van der Waals surface area contributed by atoms with E-state index in [2.05, 4.69) is 33.2 Å². The van der Waals surface area contributed by atoms with Gasteiger partial charge < -0.3 is 9.47 Å². The molecular formula is C22H25BrN2O4. The molecular weight excluding hydrogens is 436 g/mol. The van der Waals surface area contributed by atoms with E-state index in [1.165, 1.54) is 6.21 Å². The third kappa shape index (κ3) is 3.61. The Kier molecular flexibility index (Phi) is 5.05. The molecule has 29 heavy (non-hydrogen) atoms. The highest BCUT2D eigenvalue weighted by Crippen LogP contribution is 2.52. The quantitative estimate of drug-likeness (QED) is 0.375. The summed E-state index contributed by atoms with van der Waals surface area (Å²) in [7, 11) is 0. The largest absolute Gasteiger partial charge is 0.490 e. The Balaban J connectivity index is 1.59. The summed E-state index contributed by atoms with van der Waals surface area (Å²) in [5.41, 5.74) is 0.323. The molecule has 2 fully saturated rings. The van der Waals surface area contributed by atoms with E-state index in [9.17, 15) is 9.59 Å². The van der Waals surface area contributed by atoms with E-state index in [1.807, 2.05) is 33.8 Å². The molecule has 0 aromatic heterocycles. The van der Waals surface area contributed by atoms with E-state index in [4.69, 9.17) is 9.47 Å². The van der Waals surface area contributed by atoms with E-state index in [0.717, 1.165) is 15.9 Å². The number of ether oxygens (including phenoxy) is 2. The molecule has 1 saturated heterocycles. The number of hydrogen-bond acceptors (Lipinski definition) is 5. The lowest BCUT2D eigenvalue weighted by molar-refractivity contribution is -0.140. The first-order chi connectivity index (χ1) is 13.7. The molecule has 2 aliphatic carbocycles. The molecule has 0 radical (unpaired) electrons. The molecule has 2 amide bonds. The number of halogens is 1. The third-order valence-electron chi connectivity index (χ3n) is 5.51. The molecule has 0 N–H and O–H groups in total. The van der Waals surface area contributed by atoms with Gasteiger partial charge in [-0.25, -0.2) is 0 Å². The minimum atomic E-state index is -0.385. The molecule has 1 heterocycles. The lowest BCUT2D eigenvalue weighted by Crippen LogP contribution is -2.28. The maximum Gasteiger partial charge on any atom is 0.254 e. The average Bonchev–Trinajstić information content (AvgIpc) is 3.30. The van der Waals surface area contributed by atoms with Gasteiger partial charge in [0.1, 0.15) is 5.60 Å². The Hall–Kier alpha value is -2.15. The lowest BCUT2D eigenvalue weighted by Gasteiger charge is -2.24. The van der Waals surface area contributed by atoms with E-state index in [0.29, 0.717) is 23.7 Å². The van der Waals surface area contributed by atoms with Crippen LogP contribution in [0.25, 0.3) is 0 Å².